The number of aliphatic carboxylic acids is 1. The fourth-order valence-corrected chi connectivity index (χ4v) is 6.56. The van der Waals surface area contributed by atoms with E-state index >= 15 is 0 Å². The van der Waals surface area contributed by atoms with Gasteiger partial charge < -0.3 is 14.6 Å². The van der Waals surface area contributed by atoms with Crippen molar-refractivity contribution < 1.29 is 14.5 Å². The molecule has 2 fully saturated rings. The Balaban J connectivity index is 1.55. The fraction of sp³-hybridized carbons (Fsp3) is 0.600. The van der Waals surface area contributed by atoms with E-state index in [1.165, 1.54) is 0 Å². The van der Waals surface area contributed by atoms with Crippen LogP contribution >= 0.6 is 23.2 Å². The normalized spacial score (nSPS) is 20.6. The molecule has 36 heavy (non-hydrogen) atoms. The zero-order valence-corrected chi connectivity index (χ0v) is 23.2. The van der Waals surface area contributed by atoms with Crippen LogP contribution in [-0.2, 0) is 22.6 Å². The summed E-state index contributed by atoms with van der Waals surface area (Å²) in [4.78, 5) is 27.0. The Bertz CT molecular complexity index is 1110. The number of hydrogen-bond donors (Lipinski definition) is 2. The molecule has 0 bridgehead atoms. The van der Waals surface area contributed by atoms with Gasteiger partial charge in [0.25, 0.3) is 0 Å². The first-order valence-corrected chi connectivity index (χ1v) is 14.2. The van der Waals surface area contributed by atoms with E-state index in [0.29, 0.717) is 22.8 Å². The van der Waals surface area contributed by atoms with E-state index in [1.54, 1.807) is 18.5 Å². The minimum Gasteiger partial charge on any atom is -0.598 e. The lowest BCUT2D eigenvalue weighted by Gasteiger charge is -2.44. The van der Waals surface area contributed by atoms with Crippen LogP contribution < -0.4 is 9.62 Å². The molecular weight excluding hydrogens is 521 g/mol. The van der Waals surface area contributed by atoms with Gasteiger partial charge in [0, 0.05) is 42.6 Å². The first-order chi connectivity index (χ1) is 17.0. The number of carbonyl (C=O) groups is 1. The molecule has 1 saturated carbocycles. The molecule has 0 aromatic carbocycles. The largest absolute Gasteiger partial charge is 0.598 e. The van der Waals surface area contributed by atoms with Gasteiger partial charge in [-0.05, 0) is 57.9 Å². The molecule has 2 aromatic rings. The predicted octanol–water partition coefficient (Wildman–Crippen LogP) is 5.05. The summed E-state index contributed by atoms with van der Waals surface area (Å²) in [6.07, 6.45) is 8.64. The van der Waals surface area contributed by atoms with Crippen LogP contribution in [0.1, 0.15) is 65.0 Å². The molecule has 1 aliphatic heterocycles. The summed E-state index contributed by atoms with van der Waals surface area (Å²) in [6, 6.07) is 1.95. The number of halogens is 2. The number of anilines is 1. The summed E-state index contributed by atoms with van der Waals surface area (Å²) < 4.78 is 15.9. The van der Waals surface area contributed by atoms with Crippen LogP contribution in [0.5, 0.6) is 0 Å². The van der Waals surface area contributed by atoms with Gasteiger partial charge in [0.2, 0.25) is 0 Å². The Morgan fingerprint density at radius 2 is 2.00 bits per heavy atom. The van der Waals surface area contributed by atoms with Gasteiger partial charge in [-0.15, -0.1) is 4.72 Å². The maximum Gasteiger partial charge on any atom is 0.303 e. The van der Waals surface area contributed by atoms with Gasteiger partial charge in [0.15, 0.2) is 0 Å². The Morgan fingerprint density at radius 3 is 2.67 bits per heavy atom. The smallest absolute Gasteiger partial charge is 0.303 e. The Labute approximate surface area is 225 Å². The standard InChI is InChI=1S/C25H33Cl2N5O3S/c1-24(2,3)36(35)31-19-5-4-9-25(19)10-13-32(14-11-25)23-17(6-7-20(33)34)30-18(15-29-23)16-8-12-28-22(27)21(16)26/h8,12,15,19,31H,4-7,9-11,13-14H2,1-3H3,(H,33,34)/t19-,36?/m1/s1. The van der Waals surface area contributed by atoms with Crippen LogP contribution in [0.3, 0.4) is 0 Å². The molecule has 1 unspecified atom stereocenters. The number of piperidine rings is 1. The Morgan fingerprint density at radius 1 is 1.28 bits per heavy atom. The highest BCUT2D eigenvalue weighted by Crippen LogP contribution is 2.47. The number of aromatic nitrogens is 3. The Hall–Kier alpha value is -1.65. The number of aryl methyl sites for hydroxylation is 1. The van der Waals surface area contributed by atoms with Crippen molar-refractivity contribution >= 4 is 46.4 Å². The molecule has 2 atom stereocenters. The van der Waals surface area contributed by atoms with Crippen LogP contribution in [0.4, 0.5) is 5.82 Å². The SMILES string of the molecule is CC(C)(C)[S+]([O-])N[C@@H]1CCCC12CCN(c1ncc(-c3ccnc(Cl)c3Cl)nc1CCC(=O)O)CC2. The lowest BCUT2D eigenvalue weighted by Crippen LogP contribution is -2.53. The summed E-state index contributed by atoms with van der Waals surface area (Å²) >= 11 is 11.3. The lowest BCUT2D eigenvalue weighted by molar-refractivity contribution is -0.136. The van der Waals surface area contributed by atoms with Crippen molar-refractivity contribution in [1.82, 2.24) is 19.7 Å². The number of carboxylic acid groups (broad SMARTS) is 1. The van der Waals surface area contributed by atoms with Gasteiger partial charge in [-0.3, -0.25) is 4.79 Å². The van der Waals surface area contributed by atoms with E-state index in [9.17, 15) is 14.5 Å². The van der Waals surface area contributed by atoms with Crippen LogP contribution in [0.2, 0.25) is 10.2 Å². The van der Waals surface area contributed by atoms with Crippen molar-refractivity contribution in [2.45, 2.75) is 76.5 Å². The molecule has 3 heterocycles. The maximum absolute atomic E-state index is 12.8. The highest BCUT2D eigenvalue weighted by atomic mass is 35.5. The molecular formula is C25H33Cl2N5O3S. The van der Waals surface area contributed by atoms with Crippen molar-refractivity contribution in [3.63, 3.8) is 0 Å². The molecule has 1 aliphatic carbocycles. The fourth-order valence-electron chi connectivity index (χ4n) is 5.21. The maximum atomic E-state index is 12.8. The number of nitrogens with zero attached hydrogens (tertiary/aromatic N) is 4. The number of nitrogens with one attached hydrogen (secondary N) is 1. The average molecular weight is 555 g/mol. The molecule has 11 heteroatoms. The molecule has 2 aromatic heterocycles. The van der Waals surface area contributed by atoms with Crippen molar-refractivity contribution in [3.8, 4) is 11.3 Å². The second kappa shape index (κ2) is 11.0. The van der Waals surface area contributed by atoms with Gasteiger partial charge in [0.05, 0.1) is 35.1 Å². The summed E-state index contributed by atoms with van der Waals surface area (Å²) in [5.74, 6) is -0.172. The van der Waals surface area contributed by atoms with E-state index in [0.717, 1.165) is 45.2 Å². The van der Waals surface area contributed by atoms with Crippen LogP contribution in [0.15, 0.2) is 18.5 Å². The van der Waals surface area contributed by atoms with E-state index < -0.39 is 17.3 Å². The van der Waals surface area contributed by atoms with Crippen LogP contribution in [0.25, 0.3) is 11.3 Å². The molecule has 0 radical (unpaired) electrons. The number of rotatable bonds is 7. The van der Waals surface area contributed by atoms with E-state index in [2.05, 4.69) is 14.6 Å². The minimum absolute atomic E-state index is 0.0433. The first-order valence-electron chi connectivity index (χ1n) is 12.3. The van der Waals surface area contributed by atoms with Crippen LogP contribution in [-0.4, -0.2) is 54.5 Å². The second-order valence-electron chi connectivity index (χ2n) is 10.7. The molecule has 8 nitrogen and oxygen atoms in total. The summed E-state index contributed by atoms with van der Waals surface area (Å²) in [7, 11) is 0. The molecule has 4 rings (SSSR count). The third-order valence-electron chi connectivity index (χ3n) is 7.29. The third-order valence-corrected chi connectivity index (χ3v) is 9.67. The molecule has 2 aliphatic rings. The summed E-state index contributed by atoms with van der Waals surface area (Å²) in [5.41, 5.74) is 1.89. The van der Waals surface area contributed by atoms with Gasteiger partial charge in [-0.2, -0.15) is 0 Å². The van der Waals surface area contributed by atoms with Gasteiger partial charge in [-0.25, -0.2) is 15.0 Å². The quantitative estimate of drug-likeness (QED) is 0.361. The lowest BCUT2D eigenvalue weighted by atomic mass is 9.74. The molecule has 1 saturated heterocycles. The monoisotopic (exact) mass is 553 g/mol. The van der Waals surface area contributed by atoms with Gasteiger partial charge in [0.1, 0.15) is 15.7 Å². The topological polar surface area (TPSA) is 114 Å². The Kier molecular flexibility index (Phi) is 8.36. The number of carboxylic acids is 1. The third kappa shape index (κ3) is 5.91. The number of hydrogen-bond acceptors (Lipinski definition) is 7. The summed E-state index contributed by atoms with van der Waals surface area (Å²) in [6.45, 7) is 7.56. The van der Waals surface area contributed by atoms with Gasteiger partial charge in [-0.1, -0.05) is 29.6 Å². The molecule has 1 spiro atoms. The first kappa shape index (κ1) is 27.4. The zero-order chi connectivity index (χ0) is 26.1. The predicted molar refractivity (Wildman–Crippen MR) is 144 cm³/mol. The molecule has 196 valence electrons. The minimum atomic E-state index is -1.10. The zero-order valence-electron chi connectivity index (χ0n) is 20.9. The van der Waals surface area contributed by atoms with Crippen LogP contribution in [0, 0.1) is 5.41 Å². The highest BCUT2D eigenvalue weighted by molar-refractivity contribution is 7.90. The van der Waals surface area contributed by atoms with Crippen molar-refractivity contribution in [2.24, 2.45) is 5.41 Å². The van der Waals surface area contributed by atoms with E-state index in [1.807, 2.05) is 20.8 Å². The highest BCUT2D eigenvalue weighted by Gasteiger charge is 2.48. The molecule has 0 amide bonds. The summed E-state index contributed by atoms with van der Waals surface area (Å²) in [5, 5.41) is 9.77. The van der Waals surface area contributed by atoms with Crippen molar-refractivity contribution in [1.29, 1.82) is 0 Å². The average Bonchev–Trinajstić information content (AvgIpc) is 3.20. The number of pyridine rings is 1. The van der Waals surface area contributed by atoms with E-state index in [-0.39, 0.29) is 39.2 Å². The second-order valence-corrected chi connectivity index (χ2v) is 13.4. The van der Waals surface area contributed by atoms with Gasteiger partial charge >= 0.3 is 5.97 Å². The van der Waals surface area contributed by atoms with E-state index in [4.69, 9.17) is 33.2 Å². The van der Waals surface area contributed by atoms with Crippen molar-refractivity contribution in [2.75, 3.05) is 18.0 Å². The molecule has 2 N–H and O–H groups in total. The van der Waals surface area contributed by atoms with Crippen molar-refractivity contribution in [3.05, 3.63) is 34.3 Å².